The number of hydrogen-bond donors (Lipinski definition) is 0. The van der Waals surface area contributed by atoms with Crippen molar-refractivity contribution in [2.75, 3.05) is 9.80 Å². The van der Waals surface area contributed by atoms with E-state index in [0.29, 0.717) is 5.92 Å². The lowest BCUT2D eigenvalue weighted by molar-refractivity contribution is 0.444. The molecule has 0 radical (unpaired) electrons. The Kier molecular flexibility index (Phi) is 8.78. The second kappa shape index (κ2) is 15.4. The molecule has 2 aliphatic heterocycles. The van der Waals surface area contributed by atoms with Crippen LogP contribution >= 0.6 is 0 Å². The Balaban J connectivity index is 0.910. The first-order valence-electron chi connectivity index (χ1n) is 25.4. The van der Waals surface area contributed by atoms with E-state index in [1.807, 2.05) is 0 Å². The molecule has 330 valence electrons. The minimum absolute atomic E-state index is 0.0597. The second-order valence-corrected chi connectivity index (χ2v) is 20.1. The van der Waals surface area contributed by atoms with E-state index in [9.17, 15) is 0 Å². The van der Waals surface area contributed by atoms with Crippen molar-refractivity contribution in [2.45, 2.75) is 43.4 Å². The third kappa shape index (κ3) is 5.64. The van der Waals surface area contributed by atoms with Gasteiger partial charge < -0.3 is 9.80 Å². The monoisotopic (exact) mass is 892 g/mol. The summed E-state index contributed by atoms with van der Waals surface area (Å²) < 4.78 is 0. The molecule has 2 heterocycles. The molecule has 0 amide bonds. The minimum Gasteiger partial charge on any atom is -0.311 e. The first kappa shape index (κ1) is 39.8. The first-order valence-corrected chi connectivity index (χ1v) is 25.4. The molecule has 3 heteroatoms. The lowest BCUT2D eigenvalue weighted by Crippen LogP contribution is -2.61. The summed E-state index contributed by atoms with van der Waals surface area (Å²) in [5.41, 5.74) is 28.4. The number of fused-ring (bicyclic) bond motifs is 14. The molecule has 10 aromatic rings. The van der Waals surface area contributed by atoms with Crippen molar-refractivity contribution < 1.29 is 0 Å². The molecule has 0 saturated heterocycles. The molecule has 1 saturated carbocycles. The lowest BCUT2D eigenvalue weighted by Gasteiger charge is -2.45. The highest BCUT2D eigenvalue weighted by molar-refractivity contribution is 7.00. The Bertz CT molecular complexity index is 3660. The van der Waals surface area contributed by atoms with Crippen LogP contribution in [-0.4, -0.2) is 6.71 Å². The fourth-order valence-electron chi connectivity index (χ4n) is 13.7. The first-order chi connectivity index (χ1) is 34.7. The van der Waals surface area contributed by atoms with Gasteiger partial charge in [-0.2, -0.15) is 0 Å². The molecule has 0 aromatic heterocycles. The van der Waals surface area contributed by atoms with E-state index in [4.69, 9.17) is 0 Å². The number of benzene rings is 10. The van der Waals surface area contributed by atoms with E-state index in [-0.39, 0.29) is 12.1 Å². The van der Waals surface area contributed by atoms with E-state index in [2.05, 4.69) is 240 Å². The van der Waals surface area contributed by atoms with Crippen LogP contribution in [0.25, 0.3) is 44.5 Å². The molecular weight excluding hydrogens is 844 g/mol. The van der Waals surface area contributed by atoms with Crippen LogP contribution < -0.4 is 26.2 Å². The van der Waals surface area contributed by atoms with Gasteiger partial charge in [-0.1, -0.05) is 195 Å². The largest absolute Gasteiger partial charge is 0.311 e. The van der Waals surface area contributed by atoms with Crippen LogP contribution in [0, 0.1) is 0 Å². The van der Waals surface area contributed by atoms with Gasteiger partial charge in [0, 0.05) is 34.1 Å². The van der Waals surface area contributed by atoms with Gasteiger partial charge in [0.25, 0.3) is 6.71 Å². The zero-order valence-electron chi connectivity index (χ0n) is 39.0. The predicted octanol–water partition coefficient (Wildman–Crippen LogP) is 15.5. The van der Waals surface area contributed by atoms with Crippen molar-refractivity contribution in [1.29, 1.82) is 0 Å². The average molecular weight is 893 g/mol. The van der Waals surface area contributed by atoms with Crippen molar-refractivity contribution in [3.05, 3.63) is 258 Å². The van der Waals surface area contributed by atoms with Crippen LogP contribution in [0.1, 0.15) is 65.8 Å². The van der Waals surface area contributed by atoms with Crippen LogP contribution in [0.15, 0.2) is 231 Å². The molecule has 10 aromatic carbocycles. The Labute approximate surface area is 411 Å². The van der Waals surface area contributed by atoms with Gasteiger partial charge in [0.15, 0.2) is 0 Å². The van der Waals surface area contributed by atoms with Gasteiger partial charge in [-0.3, -0.25) is 0 Å². The Morgan fingerprint density at radius 1 is 0.343 bits per heavy atom. The molecule has 0 bridgehead atoms. The molecule has 15 rings (SSSR count). The summed E-state index contributed by atoms with van der Waals surface area (Å²) in [6.07, 6.45) is 6.37. The minimum atomic E-state index is -0.375. The van der Waals surface area contributed by atoms with Crippen molar-refractivity contribution in [3.8, 4) is 44.5 Å². The Morgan fingerprint density at radius 2 is 0.829 bits per heavy atom. The van der Waals surface area contributed by atoms with Crippen molar-refractivity contribution in [1.82, 2.24) is 0 Å². The van der Waals surface area contributed by atoms with Gasteiger partial charge in [-0.05, 0) is 162 Å². The van der Waals surface area contributed by atoms with E-state index in [1.54, 1.807) is 0 Å². The maximum absolute atomic E-state index is 2.59. The van der Waals surface area contributed by atoms with Crippen LogP contribution in [0.4, 0.5) is 34.1 Å². The highest BCUT2D eigenvalue weighted by atomic mass is 15.2. The predicted molar refractivity (Wildman–Crippen MR) is 293 cm³/mol. The van der Waals surface area contributed by atoms with Gasteiger partial charge in [0.05, 0.1) is 5.41 Å². The fraction of sp³-hybridized carbons (Fsp3) is 0.104. The van der Waals surface area contributed by atoms with Crippen molar-refractivity contribution >= 4 is 57.2 Å². The number of hydrogen-bond acceptors (Lipinski definition) is 2. The highest BCUT2D eigenvalue weighted by Crippen LogP contribution is 2.63. The van der Waals surface area contributed by atoms with Crippen LogP contribution in [0.3, 0.4) is 0 Å². The van der Waals surface area contributed by atoms with Gasteiger partial charge in [0.2, 0.25) is 0 Å². The Morgan fingerprint density at radius 3 is 1.49 bits per heavy atom. The summed E-state index contributed by atoms with van der Waals surface area (Å²) in [5, 5.41) is 0. The fourth-order valence-corrected chi connectivity index (χ4v) is 13.7. The highest BCUT2D eigenvalue weighted by Gasteiger charge is 2.51. The Hall–Kier alpha value is -8.14. The standard InChI is InChI=1S/C67H49BN2/c1-4-18-44(19-5-1)48-35-39-63-61(41-48)68-60-30-16-17-31-62(60)70(65-43-49(45-20-6-2-7-21-45)42-64(66(65)68)69(63)50-22-8-3-9-23-50)51-36-32-46(33-37-51)47-34-38-55-54-26-12-15-29-58(54)67(59(55)40-47)56-27-13-10-24-52(56)53-25-11-14-28-57(53)67/h1,3-5,8-19,22-43,45H,2,6-7,20-21H2. The summed E-state index contributed by atoms with van der Waals surface area (Å²) in [7, 11) is 0. The normalized spacial score (nSPS) is 15.4. The third-order valence-corrected chi connectivity index (χ3v) is 16.7. The molecule has 3 aliphatic carbocycles. The van der Waals surface area contributed by atoms with Crippen LogP contribution in [0.5, 0.6) is 0 Å². The maximum Gasteiger partial charge on any atom is 0.252 e. The zero-order valence-corrected chi connectivity index (χ0v) is 39.0. The van der Waals surface area contributed by atoms with Gasteiger partial charge in [-0.25, -0.2) is 0 Å². The lowest BCUT2D eigenvalue weighted by atomic mass is 9.33. The number of anilines is 6. The molecule has 5 aliphatic rings. The molecule has 1 fully saturated rings. The van der Waals surface area contributed by atoms with E-state index in [1.165, 1.54) is 155 Å². The van der Waals surface area contributed by atoms with Crippen LogP contribution in [-0.2, 0) is 5.41 Å². The van der Waals surface area contributed by atoms with E-state index >= 15 is 0 Å². The molecule has 2 nitrogen and oxygen atoms in total. The van der Waals surface area contributed by atoms with Gasteiger partial charge in [0.1, 0.15) is 0 Å². The van der Waals surface area contributed by atoms with Gasteiger partial charge in [-0.15, -0.1) is 0 Å². The zero-order chi connectivity index (χ0) is 45.9. The summed E-state index contributed by atoms with van der Waals surface area (Å²) in [5.74, 6) is 0.530. The maximum atomic E-state index is 2.59. The number of para-hydroxylation sites is 2. The van der Waals surface area contributed by atoms with E-state index in [0.717, 1.165) is 0 Å². The summed E-state index contributed by atoms with van der Waals surface area (Å²) in [4.78, 5) is 5.16. The van der Waals surface area contributed by atoms with Crippen LogP contribution in [0.2, 0.25) is 0 Å². The molecule has 0 atom stereocenters. The van der Waals surface area contributed by atoms with Crippen molar-refractivity contribution in [3.63, 3.8) is 0 Å². The van der Waals surface area contributed by atoms with Gasteiger partial charge >= 0.3 is 0 Å². The summed E-state index contributed by atoms with van der Waals surface area (Å²) in [6.45, 7) is 0.0597. The smallest absolute Gasteiger partial charge is 0.252 e. The molecule has 1 spiro atoms. The quantitative estimate of drug-likeness (QED) is 0.159. The molecular formula is C67H49BN2. The number of rotatable bonds is 5. The molecule has 0 N–H and O–H groups in total. The topological polar surface area (TPSA) is 6.48 Å². The SMILES string of the molecule is c1ccc(-c2ccc3c(c2)B2c4ccccc4N(c4ccc(-c5ccc6c(c5)C5(c7ccccc7-c7ccccc75)c5ccccc5-6)cc4)c4cc(C5CCCCC5)cc(c42)N3c2ccccc2)cc1. The number of nitrogens with zero attached hydrogens (tertiary/aromatic N) is 2. The second-order valence-electron chi connectivity index (χ2n) is 20.1. The summed E-state index contributed by atoms with van der Waals surface area (Å²) in [6, 6.07) is 87.6. The molecule has 0 unspecified atom stereocenters. The van der Waals surface area contributed by atoms with Crippen molar-refractivity contribution in [2.24, 2.45) is 0 Å². The third-order valence-electron chi connectivity index (χ3n) is 16.7. The van der Waals surface area contributed by atoms with E-state index < -0.39 is 0 Å². The molecule has 70 heavy (non-hydrogen) atoms. The summed E-state index contributed by atoms with van der Waals surface area (Å²) >= 11 is 0. The average Bonchev–Trinajstić information content (AvgIpc) is 3.90.